The fourth-order valence-corrected chi connectivity index (χ4v) is 4.93. The van der Waals surface area contributed by atoms with Crippen molar-refractivity contribution in [3.8, 4) is 17.1 Å². The van der Waals surface area contributed by atoms with Crippen LogP contribution in [0.1, 0.15) is 41.8 Å². The standard InChI is InChI=1S/C25H26FN3O6.ClH/c1-4-25(33)17-10-19-21-14(9-13-15(11-28(2)3)20(30)6-5-18(13)27-21)23(34-8-7-26)29(19)22(31)16(17)12-35-24(25)32;/h5-6,9-10,23,30,33H,4,7-8,11-12H2,1-3H3;1H/t23?,25-;/m0./s1. The normalized spacial score (nSPS) is 20.1. The summed E-state index contributed by atoms with van der Waals surface area (Å²) in [6.45, 7) is 0.806. The van der Waals surface area contributed by atoms with Gasteiger partial charge in [0.15, 0.2) is 11.8 Å². The molecule has 5 rings (SSSR count). The molecule has 4 heterocycles. The van der Waals surface area contributed by atoms with Crippen molar-refractivity contribution in [1.82, 2.24) is 14.5 Å². The third-order valence-electron chi connectivity index (χ3n) is 6.67. The maximum absolute atomic E-state index is 13.6. The average molecular weight is 520 g/mol. The van der Waals surface area contributed by atoms with Crippen molar-refractivity contribution in [1.29, 1.82) is 0 Å². The van der Waals surface area contributed by atoms with Crippen LogP contribution >= 0.6 is 12.4 Å². The number of halogens is 2. The smallest absolute Gasteiger partial charge is 0.343 e. The van der Waals surface area contributed by atoms with Gasteiger partial charge in [-0.2, -0.15) is 0 Å². The number of phenols is 1. The molecule has 0 fully saturated rings. The Labute approximate surface area is 212 Å². The highest BCUT2D eigenvalue weighted by molar-refractivity contribution is 5.89. The van der Waals surface area contributed by atoms with Gasteiger partial charge in [-0.15, -0.1) is 12.4 Å². The molecule has 36 heavy (non-hydrogen) atoms. The van der Waals surface area contributed by atoms with Crippen LogP contribution < -0.4 is 5.56 Å². The fraction of sp³-hybridized carbons (Fsp3) is 0.400. The largest absolute Gasteiger partial charge is 0.508 e. The van der Waals surface area contributed by atoms with Gasteiger partial charge in [0.2, 0.25) is 0 Å². The van der Waals surface area contributed by atoms with E-state index in [4.69, 9.17) is 14.5 Å². The van der Waals surface area contributed by atoms with E-state index in [0.717, 1.165) is 0 Å². The summed E-state index contributed by atoms with van der Waals surface area (Å²) in [5.41, 5.74) is 0.448. The number of aromatic hydroxyl groups is 1. The number of aromatic nitrogens is 2. The summed E-state index contributed by atoms with van der Waals surface area (Å²) in [4.78, 5) is 32.7. The van der Waals surface area contributed by atoms with Gasteiger partial charge in [0, 0.05) is 28.6 Å². The van der Waals surface area contributed by atoms with Crippen molar-refractivity contribution in [2.75, 3.05) is 27.4 Å². The van der Waals surface area contributed by atoms with Crippen LogP contribution in [-0.2, 0) is 33.0 Å². The number of esters is 1. The minimum Gasteiger partial charge on any atom is -0.508 e. The molecule has 1 unspecified atom stereocenters. The Hall–Kier alpha value is -3.05. The zero-order valence-corrected chi connectivity index (χ0v) is 20.9. The van der Waals surface area contributed by atoms with Gasteiger partial charge < -0.3 is 24.6 Å². The summed E-state index contributed by atoms with van der Waals surface area (Å²) in [5.74, 6) is -0.698. The predicted molar refractivity (Wildman–Crippen MR) is 132 cm³/mol. The number of nitrogens with zero attached hydrogens (tertiary/aromatic N) is 3. The topological polar surface area (TPSA) is 114 Å². The molecule has 9 nitrogen and oxygen atoms in total. The van der Waals surface area contributed by atoms with Gasteiger partial charge in [-0.1, -0.05) is 6.92 Å². The summed E-state index contributed by atoms with van der Waals surface area (Å²) in [7, 11) is 3.76. The highest BCUT2D eigenvalue weighted by atomic mass is 35.5. The van der Waals surface area contributed by atoms with Crippen molar-refractivity contribution >= 4 is 29.3 Å². The molecule has 2 aliphatic rings. The molecule has 0 aliphatic carbocycles. The van der Waals surface area contributed by atoms with E-state index >= 15 is 0 Å². The zero-order valence-electron chi connectivity index (χ0n) is 20.1. The number of hydrogen-bond acceptors (Lipinski definition) is 8. The second-order valence-corrected chi connectivity index (χ2v) is 9.09. The lowest BCUT2D eigenvalue weighted by Crippen LogP contribution is -2.44. The second-order valence-electron chi connectivity index (χ2n) is 9.09. The van der Waals surface area contributed by atoms with E-state index in [-0.39, 0.29) is 48.9 Å². The van der Waals surface area contributed by atoms with Gasteiger partial charge in [0.25, 0.3) is 5.56 Å². The van der Waals surface area contributed by atoms with Crippen LogP contribution in [0.15, 0.2) is 29.1 Å². The first-order chi connectivity index (χ1) is 16.7. The number of fused-ring (bicyclic) bond motifs is 5. The molecular formula is C25H27ClFN3O6. The number of cyclic esters (lactones) is 1. The van der Waals surface area contributed by atoms with E-state index in [1.54, 1.807) is 31.2 Å². The van der Waals surface area contributed by atoms with Gasteiger partial charge in [-0.25, -0.2) is 14.2 Å². The molecule has 0 bridgehead atoms. The highest BCUT2D eigenvalue weighted by Crippen LogP contribution is 2.44. The van der Waals surface area contributed by atoms with Crippen LogP contribution in [0.2, 0.25) is 0 Å². The number of pyridine rings is 2. The van der Waals surface area contributed by atoms with Crippen LogP contribution in [-0.4, -0.2) is 58.0 Å². The Morgan fingerprint density at radius 3 is 2.72 bits per heavy atom. The maximum atomic E-state index is 13.6. The Morgan fingerprint density at radius 1 is 1.31 bits per heavy atom. The van der Waals surface area contributed by atoms with Gasteiger partial charge >= 0.3 is 5.97 Å². The molecule has 0 spiro atoms. The number of carbonyl (C=O) groups excluding carboxylic acids is 1. The van der Waals surface area contributed by atoms with Crippen molar-refractivity contribution in [2.45, 2.75) is 38.3 Å². The van der Waals surface area contributed by atoms with Gasteiger partial charge in [-0.3, -0.25) is 9.36 Å². The SMILES string of the molecule is CC[C@@]1(O)C(=O)OCc2c1cc1n(c2=O)C(OCCF)c2cc3c(CN(C)C)c(O)ccc3nc2-1.Cl. The Morgan fingerprint density at radius 2 is 2.06 bits per heavy atom. The van der Waals surface area contributed by atoms with Crippen molar-refractivity contribution < 1.29 is 28.9 Å². The average Bonchev–Trinajstić information content (AvgIpc) is 3.13. The maximum Gasteiger partial charge on any atom is 0.343 e. The van der Waals surface area contributed by atoms with Crippen LogP contribution in [0.3, 0.4) is 0 Å². The highest BCUT2D eigenvalue weighted by Gasteiger charge is 2.46. The molecule has 2 atom stereocenters. The first kappa shape index (κ1) is 26.0. The Kier molecular flexibility index (Phi) is 6.82. The van der Waals surface area contributed by atoms with E-state index in [1.807, 2.05) is 19.0 Å². The lowest BCUT2D eigenvalue weighted by Gasteiger charge is -2.32. The Bertz CT molecular complexity index is 1430. The fourth-order valence-electron chi connectivity index (χ4n) is 4.93. The number of hydrogen-bond donors (Lipinski definition) is 2. The number of rotatable bonds is 6. The molecular weight excluding hydrogens is 493 g/mol. The molecule has 3 aromatic rings. The molecule has 0 radical (unpaired) electrons. The van der Waals surface area contributed by atoms with Crippen molar-refractivity contribution in [3.05, 3.63) is 56.9 Å². The lowest BCUT2D eigenvalue weighted by molar-refractivity contribution is -0.172. The van der Waals surface area contributed by atoms with Crippen LogP contribution in [0.5, 0.6) is 5.75 Å². The molecule has 2 aliphatic heterocycles. The monoisotopic (exact) mass is 519 g/mol. The third kappa shape index (κ3) is 3.76. The summed E-state index contributed by atoms with van der Waals surface area (Å²) in [5, 5.41) is 22.3. The second kappa shape index (κ2) is 9.44. The van der Waals surface area contributed by atoms with Gasteiger partial charge in [0.1, 0.15) is 19.0 Å². The summed E-state index contributed by atoms with van der Waals surface area (Å²) >= 11 is 0. The molecule has 2 N–H and O–H groups in total. The van der Waals surface area contributed by atoms with E-state index in [2.05, 4.69) is 0 Å². The van der Waals surface area contributed by atoms with Crippen molar-refractivity contribution in [2.24, 2.45) is 0 Å². The van der Waals surface area contributed by atoms with Crippen molar-refractivity contribution in [3.63, 3.8) is 0 Å². The number of alkyl halides is 1. The van der Waals surface area contributed by atoms with Crippen LogP contribution in [0.4, 0.5) is 4.39 Å². The molecule has 192 valence electrons. The van der Waals surface area contributed by atoms with E-state index in [9.17, 15) is 24.2 Å². The molecule has 0 amide bonds. The van der Waals surface area contributed by atoms with Gasteiger partial charge in [-0.05, 0) is 44.8 Å². The Balaban J connectivity index is 0.00000304. The number of benzene rings is 1. The quantitative estimate of drug-likeness (QED) is 0.478. The number of phenolic OH excluding ortho intramolecular Hbond substituents is 1. The third-order valence-corrected chi connectivity index (χ3v) is 6.67. The number of aliphatic hydroxyl groups is 1. The first-order valence-electron chi connectivity index (χ1n) is 11.4. The van der Waals surface area contributed by atoms with E-state index < -0.39 is 30.0 Å². The minimum absolute atomic E-state index is 0. The molecule has 11 heteroatoms. The lowest BCUT2D eigenvalue weighted by atomic mass is 9.86. The molecule has 1 aromatic carbocycles. The molecule has 0 saturated heterocycles. The molecule has 0 saturated carbocycles. The minimum atomic E-state index is -1.96. The zero-order chi connectivity index (χ0) is 25.1. The van der Waals surface area contributed by atoms with Crippen LogP contribution in [0, 0.1) is 0 Å². The number of ether oxygens (including phenoxy) is 2. The molecule has 2 aromatic heterocycles. The first-order valence-corrected chi connectivity index (χ1v) is 11.4. The summed E-state index contributed by atoms with van der Waals surface area (Å²) in [6, 6.07) is 6.63. The summed E-state index contributed by atoms with van der Waals surface area (Å²) < 4.78 is 25.4. The summed E-state index contributed by atoms with van der Waals surface area (Å²) in [6.07, 6.45) is -0.943. The van der Waals surface area contributed by atoms with E-state index in [1.165, 1.54) is 4.57 Å². The number of carbonyl (C=O) groups is 1. The van der Waals surface area contributed by atoms with Gasteiger partial charge in [0.05, 0.1) is 29.1 Å². The van der Waals surface area contributed by atoms with E-state index in [0.29, 0.717) is 40.0 Å². The predicted octanol–water partition coefficient (Wildman–Crippen LogP) is 2.75. The van der Waals surface area contributed by atoms with Crippen LogP contribution in [0.25, 0.3) is 22.3 Å².